The van der Waals surface area contributed by atoms with E-state index in [0.717, 1.165) is 5.57 Å². The number of unbranched alkanes of at least 4 members (excludes halogenated alkanes) is 1. The third-order valence-corrected chi connectivity index (χ3v) is 4.44. The summed E-state index contributed by atoms with van der Waals surface area (Å²) in [5.74, 6) is -1.79. The molecule has 0 aromatic heterocycles. The van der Waals surface area contributed by atoms with Gasteiger partial charge in [-0.15, -0.1) is 0 Å². The van der Waals surface area contributed by atoms with Gasteiger partial charge in [0.25, 0.3) is 5.91 Å². The molecule has 1 fully saturated rings. The molecule has 3 N–H and O–H groups in total. The van der Waals surface area contributed by atoms with Crippen LogP contribution in [0.25, 0.3) is 0 Å². The van der Waals surface area contributed by atoms with Gasteiger partial charge < -0.3 is 20.3 Å². The minimum absolute atomic E-state index is 0.365. The lowest BCUT2D eigenvalue weighted by molar-refractivity contribution is -0.136. The first-order valence-electron chi connectivity index (χ1n) is 9.08. The summed E-state index contributed by atoms with van der Waals surface area (Å²) in [7, 11) is 1.33. The second-order valence-electron chi connectivity index (χ2n) is 6.70. The molecule has 3 atom stereocenters. The molecular formula is C21H29NO6. The van der Waals surface area contributed by atoms with Gasteiger partial charge >= 0.3 is 5.97 Å². The lowest BCUT2D eigenvalue weighted by Gasteiger charge is -2.09. The highest BCUT2D eigenvalue weighted by Gasteiger charge is 2.69. The van der Waals surface area contributed by atoms with E-state index in [1.807, 2.05) is 19.1 Å². The first-order valence-corrected chi connectivity index (χ1v) is 9.08. The van der Waals surface area contributed by atoms with Crippen LogP contribution in [0.3, 0.4) is 0 Å². The number of rotatable bonds is 10. The smallest absolute Gasteiger partial charge is 0.337 e. The number of amides is 1. The van der Waals surface area contributed by atoms with E-state index in [2.05, 4.69) is 0 Å². The number of hydrogen-bond donors (Lipinski definition) is 2. The van der Waals surface area contributed by atoms with Crippen molar-refractivity contribution in [1.29, 1.82) is 0 Å². The summed E-state index contributed by atoms with van der Waals surface area (Å²) in [5.41, 5.74) is 5.29. The van der Waals surface area contributed by atoms with Gasteiger partial charge in [-0.1, -0.05) is 29.9 Å². The second-order valence-corrected chi connectivity index (χ2v) is 6.70. The molecule has 1 heterocycles. The number of epoxide rings is 1. The Morgan fingerprint density at radius 3 is 2.39 bits per heavy atom. The van der Waals surface area contributed by atoms with Gasteiger partial charge in [-0.3, -0.25) is 9.59 Å². The molecule has 7 heteroatoms. The van der Waals surface area contributed by atoms with Crippen LogP contribution in [0, 0.1) is 0 Å². The highest BCUT2D eigenvalue weighted by Crippen LogP contribution is 2.41. The van der Waals surface area contributed by atoms with Crippen molar-refractivity contribution in [3.63, 3.8) is 0 Å². The third kappa shape index (κ3) is 5.50. The molecule has 7 nitrogen and oxygen atoms in total. The van der Waals surface area contributed by atoms with E-state index in [1.54, 1.807) is 32.1 Å². The first-order chi connectivity index (χ1) is 13.1. The number of ketones is 1. The monoisotopic (exact) mass is 391 g/mol. The maximum atomic E-state index is 12.5. The van der Waals surface area contributed by atoms with E-state index in [9.17, 15) is 19.5 Å². The maximum Gasteiger partial charge on any atom is 0.337 e. The van der Waals surface area contributed by atoms with Crippen molar-refractivity contribution >= 4 is 17.7 Å². The van der Waals surface area contributed by atoms with Crippen molar-refractivity contribution in [2.75, 3.05) is 7.11 Å². The molecule has 0 saturated carbocycles. The Hall–Kier alpha value is -2.51. The Morgan fingerprint density at radius 1 is 1.29 bits per heavy atom. The molecular weight excluding hydrogens is 362 g/mol. The van der Waals surface area contributed by atoms with Crippen molar-refractivity contribution < 1.29 is 29.0 Å². The van der Waals surface area contributed by atoms with Crippen LogP contribution in [0.15, 0.2) is 47.1 Å². The van der Waals surface area contributed by atoms with E-state index in [0.29, 0.717) is 24.0 Å². The molecule has 0 aromatic carbocycles. The van der Waals surface area contributed by atoms with Crippen molar-refractivity contribution in [2.24, 2.45) is 5.73 Å². The molecule has 0 unspecified atom stereocenters. The van der Waals surface area contributed by atoms with Crippen LogP contribution >= 0.6 is 0 Å². The molecule has 0 aromatic rings. The van der Waals surface area contributed by atoms with Crippen molar-refractivity contribution in [1.82, 2.24) is 0 Å². The third-order valence-electron chi connectivity index (χ3n) is 4.44. The van der Waals surface area contributed by atoms with Crippen LogP contribution in [-0.4, -0.2) is 47.7 Å². The number of esters is 1. The quantitative estimate of drug-likeness (QED) is 0.147. The zero-order chi connectivity index (χ0) is 21.5. The predicted molar refractivity (Wildman–Crippen MR) is 105 cm³/mol. The largest absolute Gasteiger partial charge is 0.465 e. The van der Waals surface area contributed by atoms with E-state index < -0.39 is 35.5 Å². The number of ether oxygens (including phenoxy) is 2. The number of primary amides is 1. The van der Waals surface area contributed by atoms with E-state index in [4.69, 9.17) is 15.2 Å². The number of hydrogen-bond acceptors (Lipinski definition) is 6. The van der Waals surface area contributed by atoms with Crippen molar-refractivity contribution in [3.05, 3.63) is 47.1 Å². The number of Topliss-reactive ketones (excluding diaryl/α,β-unsaturated/α-hetero) is 1. The minimum atomic E-state index is -1.75. The molecule has 1 saturated heterocycles. The van der Waals surface area contributed by atoms with Crippen molar-refractivity contribution in [2.45, 2.75) is 58.3 Å². The van der Waals surface area contributed by atoms with Gasteiger partial charge in [0, 0.05) is 0 Å². The van der Waals surface area contributed by atoms with Crippen LogP contribution in [0.5, 0.6) is 0 Å². The van der Waals surface area contributed by atoms with Gasteiger partial charge in [0.05, 0.1) is 18.8 Å². The van der Waals surface area contributed by atoms with Crippen LogP contribution < -0.4 is 5.73 Å². The number of carbonyl (C=O) groups is 3. The number of aliphatic hydroxyl groups is 1. The molecule has 1 aliphatic heterocycles. The first kappa shape index (κ1) is 23.5. The number of allylic oxidation sites excluding steroid dienone is 5. The normalized spacial score (nSPS) is 24.2. The Balaban J connectivity index is 2.65. The van der Waals surface area contributed by atoms with Gasteiger partial charge in [-0.25, -0.2) is 4.79 Å². The molecule has 0 bridgehead atoms. The predicted octanol–water partition coefficient (Wildman–Crippen LogP) is 1.91. The standard InChI is InChI=1S/C21H29NO6/c1-6-16(19(25)27-5)12-13(2)10-8-7-9-11-14(3)17(24)21(20(22)26)18(28-21)15(4)23/h6,8,10-12,15,18,23H,7,9H2,1-5H3,(H2,22,26)/b10-8+,13-12+,14-11+,16-6+/t15-,18-,21+/m0/s1. The zero-order valence-electron chi connectivity index (χ0n) is 17.0. The summed E-state index contributed by atoms with van der Waals surface area (Å²) >= 11 is 0. The minimum Gasteiger partial charge on any atom is -0.465 e. The lowest BCUT2D eigenvalue weighted by Crippen LogP contribution is -2.44. The topological polar surface area (TPSA) is 119 Å². The average Bonchev–Trinajstić information content (AvgIpc) is 3.41. The van der Waals surface area contributed by atoms with E-state index >= 15 is 0 Å². The molecule has 28 heavy (non-hydrogen) atoms. The van der Waals surface area contributed by atoms with Crippen LogP contribution in [0.1, 0.15) is 40.5 Å². The van der Waals surface area contributed by atoms with Gasteiger partial charge in [0.15, 0.2) is 0 Å². The zero-order valence-corrected chi connectivity index (χ0v) is 17.0. The van der Waals surface area contributed by atoms with Crippen LogP contribution in [0.4, 0.5) is 0 Å². The summed E-state index contributed by atoms with van der Waals surface area (Å²) in [6.07, 6.45) is 8.27. The molecule has 0 radical (unpaired) electrons. The average molecular weight is 391 g/mol. The van der Waals surface area contributed by atoms with E-state index in [1.165, 1.54) is 14.0 Å². The summed E-state index contributed by atoms with van der Waals surface area (Å²) in [6.45, 7) is 6.67. The summed E-state index contributed by atoms with van der Waals surface area (Å²) in [4.78, 5) is 35.7. The fourth-order valence-electron chi connectivity index (χ4n) is 2.82. The molecule has 0 aliphatic carbocycles. The highest BCUT2D eigenvalue weighted by atomic mass is 16.6. The highest BCUT2D eigenvalue weighted by molar-refractivity contribution is 6.19. The summed E-state index contributed by atoms with van der Waals surface area (Å²) < 4.78 is 9.86. The van der Waals surface area contributed by atoms with Crippen LogP contribution in [0.2, 0.25) is 0 Å². The number of nitrogens with two attached hydrogens (primary N) is 1. The van der Waals surface area contributed by atoms with Crippen LogP contribution in [-0.2, 0) is 23.9 Å². The lowest BCUT2D eigenvalue weighted by atomic mass is 9.91. The number of carbonyl (C=O) groups excluding carboxylic acids is 3. The summed E-state index contributed by atoms with van der Waals surface area (Å²) in [5, 5.41) is 9.58. The Kier molecular flexibility index (Phi) is 8.53. The molecule has 154 valence electrons. The fraction of sp³-hybridized carbons (Fsp3) is 0.476. The Labute approximate surface area is 165 Å². The SMILES string of the molecule is C\C=C(/C=C(C)/C=C/CC/C=C(\C)C(=O)[C@@]1(C(N)=O)O[C@H]1[C@H](C)O)C(=O)OC. The molecule has 1 aliphatic rings. The fourth-order valence-corrected chi connectivity index (χ4v) is 2.82. The molecule has 0 spiro atoms. The van der Waals surface area contributed by atoms with Gasteiger partial charge in [0.2, 0.25) is 11.4 Å². The van der Waals surface area contributed by atoms with Gasteiger partial charge in [-0.05, 0) is 52.2 Å². The summed E-state index contributed by atoms with van der Waals surface area (Å²) in [6, 6.07) is 0. The van der Waals surface area contributed by atoms with Gasteiger partial charge in [-0.2, -0.15) is 0 Å². The van der Waals surface area contributed by atoms with E-state index in [-0.39, 0.29) is 0 Å². The number of aliphatic hydroxyl groups excluding tert-OH is 1. The Bertz CT molecular complexity index is 744. The molecule has 1 amide bonds. The maximum absolute atomic E-state index is 12.5. The second kappa shape index (κ2) is 10.1. The Morgan fingerprint density at radius 2 is 1.93 bits per heavy atom. The number of methoxy groups -OCH3 is 1. The van der Waals surface area contributed by atoms with Crippen molar-refractivity contribution in [3.8, 4) is 0 Å². The van der Waals surface area contributed by atoms with Gasteiger partial charge in [0.1, 0.15) is 6.10 Å². The molecule has 1 rings (SSSR count).